The molecular weight excluding hydrogens is 322 g/mol. The fourth-order valence-electron chi connectivity index (χ4n) is 3.00. The number of carbonyl (C=O) groups excluding carboxylic acids is 2. The molecule has 1 aromatic heterocycles. The quantitative estimate of drug-likeness (QED) is 0.909. The van der Waals surface area contributed by atoms with E-state index in [9.17, 15) is 9.59 Å². The second-order valence-corrected chi connectivity index (χ2v) is 6.18. The highest BCUT2D eigenvalue weighted by Crippen LogP contribution is 2.31. The van der Waals surface area contributed by atoms with Crippen LogP contribution >= 0.6 is 0 Å². The highest BCUT2D eigenvalue weighted by atomic mass is 16.5. The van der Waals surface area contributed by atoms with Gasteiger partial charge >= 0.3 is 0 Å². The number of nitrogens with zero attached hydrogens (tertiary/aromatic N) is 2. The summed E-state index contributed by atoms with van der Waals surface area (Å²) in [5.74, 6) is 0.249. The molecular formula is C18H21N3O4. The van der Waals surface area contributed by atoms with Gasteiger partial charge in [0.15, 0.2) is 6.10 Å². The average Bonchev–Trinajstić information content (AvgIpc) is 3.01. The molecule has 0 aliphatic carbocycles. The topological polar surface area (TPSA) is 84.7 Å². The van der Waals surface area contributed by atoms with Crippen molar-refractivity contribution in [3.05, 3.63) is 52.9 Å². The maximum Gasteiger partial charge on any atom is 0.252 e. The SMILES string of the molecule is Cc1cc(CNC(=O)C2OCC(=O)N(C)C2c2ccccc2C)no1. The number of rotatable bonds is 4. The van der Waals surface area contributed by atoms with Crippen LogP contribution < -0.4 is 5.32 Å². The Kier molecular flexibility index (Phi) is 4.85. The van der Waals surface area contributed by atoms with Crippen molar-refractivity contribution in [2.75, 3.05) is 13.7 Å². The summed E-state index contributed by atoms with van der Waals surface area (Å²) < 4.78 is 10.6. The Morgan fingerprint density at radius 3 is 2.80 bits per heavy atom. The van der Waals surface area contributed by atoms with E-state index in [1.54, 1.807) is 24.9 Å². The molecule has 2 amide bonds. The number of amides is 2. The van der Waals surface area contributed by atoms with Crippen LogP contribution in [0.15, 0.2) is 34.9 Å². The van der Waals surface area contributed by atoms with Gasteiger partial charge in [0.25, 0.3) is 5.91 Å². The molecule has 1 aromatic carbocycles. The van der Waals surface area contributed by atoms with Crippen molar-refractivity contribution in [3.8, 4) is 0 Å². The lowest BCUT2D eigenvalue weighted by Crippen LogP contribution is -2.53. The summed E-state index contributed by atoms with van der Waals surface area (Å²) in [5.41, 5.74) is 2.54. The number of benzene rings is 1. The number of hydrogen-bond donors (Lipinski definition) is 1. The monoisotopic (exact) mass is 343 g/mol. The largest absolute Gasteiger partial charge is 0.361 e. The van der Waals surface area contributed by atoms with Crippen molar-refractivity contribution in [2.45, 2.75) is 32.5 Å². The zero-order valence-corrected chi connectivity index (χ0v) is 14.5. The van der Waals surface area contributed by atoms with Gasteiger partial charge < -0.3 is 19.5 Å². The molecule has 1 fully saturated rings. The van der Waals surface area contributed by atoms with Crippen LogP contribution in [0.3, 0.4) is 0 Å². The Balaban J connectivity index is 1.80. The lowest BCUT2D eigenvalue weighted by atomic mass is 9.94. The normalized spacial score (nSPS) is 20.6. The highest BCUT2D eigenvalue weighted by molar-refractivity contribution is 5.86. The lowest BCUT2D eigenvalue weighted by molar-refractivity contribution is -0.162. The van der Waals surface area contributed by atoms with Gasteiger partial charge in [-0.1, -0.05) is 29.4 Å². The first kappa shape index (κ1) is 17.2. The number of ether oxygens (including phenoxy) is 1. The number of aryl methyl sites for hydroxylation is 2. The Hall–Kier alpha value is -2.67. The molecule has 132 valence electrons. The molecule has 7 heteroatoms. The van der Waals surface area contributed by atoms with E-state index >= 15 is 0 Å². The lowest BCUT2D eigenvalue weighted by Gasteiger charge is -2.38. The second-order valence-electron chi connectivity index (χ2n) is 6.18. The second kappa shape index (κ2) is 7.06. The summed E-state index contributed by atoms with van der Waals surface area (Å²) in [5, 5.41) is 6.67. The summed E-state index contributed by atoms with van der Waals surface area (Å²) in [6.45, 7) is 3.88. The minimum atomic E-state index is -0.781. The summed E-state index contributed by atoms with van der Waals surface area (Å²) in [6, 6.07) is 8.97. The third kappa shape index (κ3) is 3.56. The van der Waals surface area contributed by atoms with Gasteiger partial charge in [0, 0.05) is 13.1 Å². The van der Waals surface area contributed by atoms with Crippen LogP contribution in [0.25, 0.3) is 0 Å². The Morgan fingerprint density at radius 1 is 1.36 bits per heavy atom. The van der Waals surface area contributed by atoms with Crippen molar-refractivity contribution in [3.63, 3.8) is 0 Å². The van der Waals surface area contributed by atoms with Gasteiger partial charge in [-0.05, 0) is 25.0 Å². The molecule has 1 aliphatic rings. The molecule has 1 N–H and O–H groups in total. The minimum Gasteiger partial charge on any atom is -0.361 e. The minimum absolute atomic E-state index is 0.111. The highest BCUT2D eigenvalue weighted by Gasteiger charge is 2.40. The van der Waals surface area contributed by atoms with E-state index in [4.69, 9.17) is 9.26 Å². The van der Waals surface area contributed by atoms with Crippen LogP contribution in [0.4, 0.5) is 0 Å². The summed E-state index contributed by atoms with van der Waals surface area (Å²) in [4.78, 5) is 26.4. The fraction of sp³-hybridized carbons (Fsp3) is 0.389. The third-order valence-electron chi connectivity index (χ3n) is 4.37. The summed E-state index contributed by atoms with van der Waals surface area (Å²) >= 11 is 0. The number of aromatic nitrogens is 1. The molecule has 2 atom stereocenters. The van der Waals surface area contributed by atoms with Crippen LogP contribution in [-0.2, 0) is 20.9 Å². The number of hydrogen-bond acceptors (Lipinski definition) is 5. The van der Waals surface area contributed by atoms with Gasteiger partial charge in [0.1, 0.15) is 18.1 Å². The molecule has 2 heterocycles. The molecule has 1 saturated heterocycles. The molecule has 7 nitrogen and oxygen atoms in total. The van der Waals surface area contributed by atoms with Crippen molar-refractivity contribution >= 4 is 11.8 Å². The maximum absolute atomic E-state index is 12.7. The van der Waals surface area contributed by atoms with Gasteiger partial charge in [-0.2, -0.15) is 0 Å². The summed E-state index contributed by atoms with van der Waals surface area (Å²) in [6.07, 6.45) is -0.781. The van der Waals surface area contributed by atoms with Gasteiger partial charge in [-0.15, -0.1) is 0 Å². The smallest absolute Gasteiger partial charge is 0.252 e. The Labute approximate surface area is 145 Å². The van der Waals surface area contributed by atoms with E-state index in [0.29, 0.717) is 11.5 Å². The predicted octanol–water partition coefficient (Wildman–Crippen LogP) is 1.51. The van der Waals surface area contributed by atoms with Crippen LogP contribution in [-0.4, -0.2) is 41.6 Å². The van der Waals surface area contributed by atoms with E-state index in [1.165, 1.54) is 0 Å². The molecule has 3 rings (SSSR count). The van der Waals surface area contributed by atoms with Crippen molar-refractivity contribution in [1.82, 2.24) is 15.4 Å². The number of nitrogens with one attached hydrogen (secondary N) is 1. The maximum atomic E-state index is 12.7. The first-order valence-electron chi connectivity index (χ1n) is 8.10. The standard InChI is InChI=1S/C18H21N3O4/c1-11-6-4-5-7-14(11)16-17(24-10-15(22)21(16)3)18(23)19-9-13-8-12(2)25-20-13/h4-8,16-17H,9-10H2,1-3H3,(H,19,23). The fourth-order valence-corrected chi connectivity index (χ4v) is 3.00. The van der Waals surface area contributed by atoms with Crippen molar-refractivity contribution in [1.29, 1.82) is 0 Å². The summed E-state index contributed by atoms with van der Waals surface area (Å²) in [7, 11) is 1.70. The average molecular weight is 343 g/mol. The van der Waals surface area contributed by atoms with Crippen molar-refractivity contribution < 1.29 is 18.8 Å². The molecule has 2 aromatic rings. The van der Waals surface area contributed by atoms with Crippen LogP contribution in [0.5, 0.6) is 0 Å². The van der Waals surface area contributed by atoms with Crippen molar-refractivity contribution in [2.24, 2.45) is 0 Å². The molecule has 25 heavy (non-hydrogen) atoms. The van der Waals surface area contributed by atoms with E-state index in [-0.39, 0.29) is 25.0 Å². The Bertz CT molecular complexity index is 786. The number of carbonyl (C=O) groups is 2. The number of morpholine rings is 1. The van der Waals surface area contributed by atoms with E-state index in [1.807, 2.05) is 31.2 Å². The van der Waals surface area contributed by atoms with Crippen LogP contribution in [0.2, 0.25) is 0 Å². The van der Waals surface area contributed by atoms with E-state index in [2.05, 4.69) is 10.5 Å². The van der Waals surface area contributed by atoms with E-state index in [0.717, 1.165) is 11.1 Å². The molecule has 2 unspecified atom stereocenters. The first-order chi connectivity index (χ1) is 12.0. The predicted molar refractivity (Wildman–Crippen MR) is 89.5 cm³/mol. The molecule has 1 aliphatic heterocycles. The first-order valence-corrected chi connectivity index (χ1v) is 8.10. The molecule has 0 spiro atoms. The van der Waals surface area contributed by atoms with Gasteiger partial charge in [-0.25, -0.2) is 0 Å². The molecule has 0 saturated carbocycles. The number of likely N-dealkylation sites (N-methyl/N-ethyl adjacent to an activating group) is 1. The van der Waals surface area contributed by atoms with Crippen LogP contribution in [0.1, 0.15) is 28.6 Å². The van der Waals surface area contributed by atoms with E-state index < -0.39 is 12.1 Å². The van der Waals surface area contributed by atoms with Gasteiger partial charge in [0.2, 0.25) is 5.91 Å². The zero-order valence-electron chi connectivity index (χ0n) is 14.5. The Morgan fingerprint density at radius 2 is 2.12 bits per heavy atom. The van der Waals surface area contributed by atoms with Crippen LogP contribution in [0, 0.1) is 13.8 Å². The third-order valence-corrected chi connectivity index (χ3v) is 4.37. The van der Waals surface area contributed by atoms with Gasteiger partial charge in [-0.3, -0.25) is 9.59 Å². The molecule has 0 radical (unpaired) electrons. The molecule has 0 bridgehead atoms. The van der Waals surface area contributed by atoms with Gasteiger partial charge in [0.05, 0.1) is 12.6 Å². The zero-order chi connectivity index (χ0) is 18.0.